The van der Waals surface area contributed by atoms with Crippen molar-refractivity contribution < 1.29 is 37.3 Å². The van der Waals surface area contributed by atoms with Crippen molar-refractivity contribution in [3.63, 3.8) is 0 Å². The number of carbonyl (C=O) groups is 2. The summed E-state index contributed by atoms with van der Waals surface area (Å²) in [4.78, 5) is 28.6. The predicted molar refractivity (Wildman–Crippen MR) is 151 cm³/mol. The van der Waals surface area contributed by atoms with E-state index in [4.69, 9.17) is 9.47 Å². The van der Waals surface area contributed by atoms with Crippen LogP contribution < -0.4 is 4.74 Å². The summed E-state index contributed by atoms with van der Waals surface area (Å²) in [6.45, 7) is 2.02. The van der Waals surface area contributed by atoms with Crippen LogP contribution in [0.1, 0.15) is 59.5 Å². The number of amides is 1. The molecule has 1 aliphatic carbocycles. The minimum Gasteiger partial charge on any atom is -0.507 e. The summed E-state index contributed by atoms with van der Waals surface area (Å²) in [6, 6.07) is 17.5. The second kappa shape index (κ2) is 12.0. The summed E-state index contributed by atoms with van der Waals surface area (Å²) >= 11 is 0. The topological polar surface area (TPSA) is 76.1 Å². The van der Waals surface area contributed by atoms with Crippen LogP contribution in [0.25, 0.3) is 5.76 Å². The van der Waals surface area contributed by atoms with Gasteiger partial charge in [-0.1, -0.05) is 54.1 Å². The highest BCUT2D eigenvalue weighted by Crippen LogP contribution is 2.45. The number of ether oxygens (including phenoxy) is 2. The molecule has 3 aromatic carbocycles. The van der Waals surface area contributed by atoms with Crippen LogP contribution in [0.3, 0.4) is 0 Å². The van der Waals surface area contributed by atoms with Gasteiger partial charge in [-0.05, 0) is 68.0 Å². The molecule has 42 heavy (non-hydrogen) atoms. The molecule has 1 unspecified atom stereocenters. The number of hydrogen-bond acceptors (Lipinski definition) is 5. The summed E-state index contributed by atoms with van der Waals surface area (Å²) in [6.07, 6.45) is -2.08. The van der Waals surface area contributed by atoms with Gasteiger partial charge in [-0.15, -0.1) is 0 Å². The van der Waals surface area contributed by atoms with Crippen LogP contribution in [0.4, 0.5) is 13.2 Å². The number of likely N-dealkylation sites (tertiary alicyclic amines) is 1. The summed E-state index contributed by atoms with van der Waals surface area (Å²) in [5.74, 6) is -1.80. The minimum atomic E-state index is -4.55. The predicted octanol–water partition coefficient (Wildman–Crippen LogP) is 6.97. The Labute approximate surface area is 242 Å². The molecule has 1 heterocycles. The normalized spacial score (nSPS) is 22.4. The Bertz CT molecular complexity index is 1480. The fourth-order valence-electron chi connectivity index (χ4n) is 5.80. The van der Waals surface area contributed by atoms with E-state index in [0.717, 1.165) is 23.3 Å². The summed E-state index contributed by atoms with van der Waals surface area (Å²) in [5.41, 5.74) is 1.18. The molecule has 1 amide bonds. The fraction of sp³-hybridized carbons (Fsp3) is 0.333. The molecule has 0 bridgehead atoms. The van der Waals surface area contributed by atoms with Gasteiger partial charge in [0.25, 0.3) is 11.7 Å². The van der Waals surface area contributed by atoms with Crippen molar-refractivity contribution >= 4 is 17.4 Å². The summed E-state index contributed by atoms with van der Waals surface area (Å²) in [5, 5.41) is 11.7. The van der Waals surface area contributed by atoms with E-state index >= 15 is 0 Å². The van der Waals surface area contributed by atoms with Crippen molar-refractivity contribution in [1.82, 2.24) is 4.90 Å². The molecular formula is C33H32F3NO5. The Hall–Kier alpha value is -4.11. The van der Waals surface area contributed by atoms with Crippen molar-refractivity contribution in [3.8, 4) is 5.75 Å². The molecule has 6 nitrogen and oxygen atoms in total. The standard InChI is InChI=1S/C33H32F3NO5/c1-20-8-17-27(42-19-21-6-4-3-5-7-21)26(18-20)30(38)28-29(22-9-11-23(12-10-22)33(34,35)36)37(32(40)31(28)39)24-13-15-25(41-2)16-14-24/h3-12,17-18,24-25,29,38H,13-16,19H2,1-2H3. The molecule has 9 heteroatoms. The van der Waals surface area contributed by atoms with Crippen molar-refractivity contribution in [2.75, 3.05) is 7.11 Å². The van der Waals surface area contributed by atoms with Gasteiger partial charge in [0.1, 0.15) is 18.1 Å². The molecule has 1 saturated heterocycles. The zero-order valence-electron chi connectivity index (χ0n) is 23.4. The second-order valence-corrected chi connectivity index (χ2v) is 10.8. The van der Waals surface area contributed by atoms with Crippen molar-refractivity contribution in [2.45, 2.75) is 63.6 Å². The number of halogens is 3. The third-order valence-electron chi connectivity index (χ3n) is 8.03. The molecule has 2 fully saturated rings. The second-order valence-electron chi connectivity index (χ2n) is 10.8. The Kier molecular flexibility index (Phi) is 8.41. The van der Waals surface area contributed by atoms with E-state index < -0.39 is 35.2 Å². The number of nitrogens with zero attached hydrogens (tertiary/aromatic N) is 1. The van der Waals surface area contributed by atoms with Crippen LogP contribution >= 0.6 is 0 Å². The van der Waals surface area contributed by atoms with Crippen LogP contribution in [0.5, 0.6) is 5.75 Å². The van der Waals surface area contributed by atoms with Crippen LogP contribution in [0.2, 0.25) is 0 Å². The minimum absolute atomic E-state index is 0.0270. The van der Waals surface area contributed by atoms with E-state index in [1.807, 2.05) is 37.3 Å². The van der Waals surface area contributed by atoms with Crippen molar-refractivity contribution in [2.24, 2.45) is 0 Å². The average molecular weight is 580 g/mol. The number of aliphatic hydroxyl groups is 1. The number of alkyl halides is 3. The highest BCUT2D eigenvalue weighted by Gasteiger charge is 2.49. The number of hydrogen-bond donors (Lipinski definition) is 1. The van der Waals surface area contributed by atoms with E-state index in [-0.39, 0.29) is 29.9 Å². The van der Waals surface area contributed by atoms with Gasteiger partial charge in [0.2, 0.25) is 0 Å². The van der Waals surface area contributed by atoms with Crippen molar-refractivity contribution in [1.29, 1.82) is 0 Å². The maximum atomic E-state index is 13.6. The Morgan fingerprint density at radius 1 is 0.952 bits per heavy atom. The molecule has 1 atom stereocenters. The number of aliphatic hydroxyl groups excluding tert-OH is 1. The monoisotopic (exact) mass is 579 g/mol. The highest BCUT2D eigenvalue weighted by molar-refractivity contribution is 6.46. The van der Waals surface area contributed by atoms with Crippen LogP contribution in [-0.2, 0) is 27.1 Å². The van der Waals surface area contributed by atoms with Gasteiger partial charge < -0.3 is 19.5 Å². The number of carbonyl (C=O) groups excluding carboxylic acids is 2. The highest BCUT2D eigenvalue weighted by atomic mass is 19.4. The Balaban J connectivity index is 1.60. The lowest BCUT2D eigenvalue weighted by atomic mass is 9.89. The number of benzene rings is 3. The first-order valence-corrected chi connectivity index (χ1v) is 13.9. The Morgan fingerprint density at radius 2 is 1.62 bits per heavy atom. The molecule has 0 radical (unpaired) electrons. The number of rotatable bonds is 7. The van der Waals surface area contributed by atoms with Crippen LogP contribution in [0.15, 0.2) is 78.4 Å². The molecule has 2 aliphatic rings. The molecule has 0 spiro atoms. The number of methoxy groups -OCH3 is 1. The number of Topliss-reactive ketones (excluding diaryl/α,β-unsaturated/α-hetero) is 1. The van der Waals surface area contributed by atoms with Crippen molar-refractivity contribution in [3.05, 3.63) is 106 Å². The Morgan fingerprint density at radius 3 is 2.24 bits per heavy atom. The van der Waals surface area contributed by atoms with E-state index in [9.17, 15) is 27.9 Å². The summed E-state index contributed by atoms with van der Waals surface area (Å²) in [7, 11) is 1.62. The number of aryl methyl sites for hydroxylation is 1. The van der Waals surface area contributed by atoms with Crippen LogP contribution in [-0.4, -0.2) is 41.0 Å². The van der Waals surface area contributed by atoms with Crippen LogP contribution in [0, 0.1) is 6.92 Å². The van der Waals surface area contributed by atoms with Gasteiger partial charge in [0.15, 0.2) is 0 Å². The maximum absolute atomic E-state index is 13.6. The molecule has 0 aromatic heterocycles. The lowest BCUT2D eigenvalue weighted by molar-refractivity contribution is -0.142. The smallest absolute Gasteiger partial charge is 0.416 e. The lowest BCUT2D eigenvalue weighted by Gasteiger charge is -2.37. The first kappa shape index (κ1) is 29.4. The number of ketones is 1. The molecule has 1 aliphatic heterocycles. The van der Waals surface area contributed by atoms with Gasteiger partial charge in [0, 0.05) is 13.2 Å². The third-order valence-corrected chi connectivity index (χ3v) is 8.03. The quantitative estimate of drug-likeness (QED) is 0.186. The molecule has 3 aromatic rings. The largest absolute Gasteiger partial charge is 0.507 e. The van der Waals surface area contributed by atoms with Gasteiger partial charge in [-0.3, -0.25) is 9.59 Å². The van der Waals surface area contributed by atoms with E-state index in [2.05, 4.69) is 0 Å². The molecule has 1 N–H and O–H groups in total. The zero-order chi connectivity index (χ0) is 30.0. The third kappa shape index (κ3) is 5.92. The SMILES string of the molecule is COC1CCC(N2C(=O)C(=O)C(=C(O)c3cc(C)ccc3OCc3ccccc3)C2c2ccc(C(F)(F)F)cc2)CC1. The molecule has 1 saturated carbocycles. The van der Waals surface area contributed by atoms with Gasteiger partial charge in [0.05, 0.1) is 28.8 Å². The van der Waals surface area contributed by atoms with Gasteiger partial charge >= 0.3 is 6.18 Å². The fourth-order valence-corrected chi connectivity index (χ4v) is 5.80. The van der Waals surface area contributed by atoms with E-state index in [1.54, 1.807) is 25.3 Å². The van der Waals surface area contributed by atoms with Gasteiger partial charge in [-0.2, -0.15) is 13.2 Å². The van der Waals surface area contributed by atoms with E-state index in [0.29, 0.717) is 37.0 Å². The molecule has 220 valence electrons. The lowest BCUT2D eigenvalue weighted by Crippen LogP contribution is -2.42. The molecule has 5 rings (SSSR count). The summed E-state index contributed by atoms with van der Waals surface area (Å²) < 4.78 is 51.6. The molecular weight excluding hydrogens is 547 g/mol. The first-order chi connectivity index (χ1) is 20.1. The average Bonchev–Trinajstić information content (AvgIpc) is 3.26. The van der Waals surface area contributed by atoms with E-state index in [1.165, 1.54) is 17.0 Å². The van der Waals surface area contributed by atoms with Gasteiger partial charge in [-0.25, -0.2) is 0 Å². The first-order valence-electron chi connectivity index (χ1n) is 13.9. The maximum Gasteiger partial charge on any atom is 0.416 e. The zero-order valence-corrected chi connectivity index (χ0v) is 23.4.